The van der Waals surface area contributed by atoms with Crippen molar-refractivity contribution in [2.45, 2.75) is 32.9 Å². The van der Waals surface area contributed by atoms with Crippen LogP contribution in [0.25, 0.3) is 11.4 Å². The van der Waals surface area contributed by atoms with Crippen molar-refractivity contribution < 1.29 is 9.90 Å². The Kier molecular flexibility index (Phi) is 5.46. The van der Waals surface area contributed by atoms with Gasteiger partial charge in [-0.2, -0.15) is 5.10 Å². The van der Waals surface area contributed by atoms with Crippen LogP contribution >= 0.6 is 12.2 Å². The fourth-order valence-corrected chi connectivity index (χ4v) is 2.29. The number of aromatic nitrogens is 3. The molecule has 0 radical (unpaired) electrons. The van der Waals surface area contributed by atoms with E-state index < -0.39 is 6.10 Å². The number of aromatic amines is 1. The quantitative estimate of drug-likeness (QED) is 0.709. The second-order valence-corrected chi connectivity index (χ2v) is 5.68. The van der Waals surface area contributed by atoms with Crippen molar-refractivity contribution in [3.05, 3.63) is 34.6 Å². The molecule has 22 heavy (non-hydrogen) atoms. The van der Waals surface area contributed by atoms with Crippen molar-refractivity contribution in [2.75, 3.05) is 6.54 Å². The first-order valence-electron chi connectivity index (χ1n) is 7.14. The Morgan fingerprint density at radius 1 is 1.55 bits per heavy atom. The zero-order chi connectivity index (χ0) is 16.1. The lowest BCUT2D eigenvalue weighted by Crippen LogP contribution is -2.30. The van der Waals surface area contributed by atoms with E-state index in [9.17, 15) is 9.90 Å². The molecule has 0 spiro atoms. The molecule has 1 aromatic carbocycles. The Morgan fingerprint density at radius 3 is 3.00 bits per heavy atom. The van der Waals surface area contributed by atoms with Crippen molar-refractivity contribution >= 4 is 18.1 Å². The fraction of sp³-hybridized carbons (Fsp3) is 0.400. The Balaban J connectivity index is 2.13. The van der Waals surface area contributed by atoms with Crippen LogP contribution in [0.1, 0.15) is 18.9 Å². The van der Waals surface area contributed by atoms with E-state index >= 15 is 0 Å². The molecule has 1 atom stereocenters. The van der Waals surface area contributed by atoms with Gasteiger partial charge in [0, 0.05) is 12.1 Å². The number of aliphatic hydroxyl groups excluding tert-OH is 1. The van der Waals surface area contributed by atoms with Gasteiger partial charge in [0.25, 0.3) is 0 Å². The van der Waals surface area contributed by atoms with E-state index in [1.165, 1.54) is 0 Å². The highest BCUT2D eigenvalue weighted by Crippen LogP contribution is 2.18. The average Bonchev–Trinajstić information content (AvgIpc) is 2.80. The van der Waals surface area contributed by atoms with Crippen molar-refractivity contribution in [2.24, 2.45) is 0 Å². The molecule has 118 valence electrons. The zero-order valence-corrected chi connectivity index (χ0v) is 13.5. The summed E-state index contributed by atoms with van der Waals surface area (Å²) in [7, 11) is 0. The molecule has 1 aromatic heterocycles. The largest absolute Gasteiger partial charge is 0.393 e. The predicted molar refractivity (Wildman–Crippen MR) is 86.9 cm³/mol. The second-order valence-electron chi connectivity index (χ2n) is 5.30. The monoisotopic (exact) mass is 320 g/mol. The summed E-state index contributed by atoms with van der Waals surface area (Å²) in [6.07, 6.45) is 0.0898. The Hall–Kier alpha value is -1.99. The Bertz CT molecular complexity index is 706. The van der Waals surface area contributed by atoms with E-state index in [4.69, 9.17) is 12.2 Å². The van der Waals surface area contributed by atoms with Crippen molar-refractivity contribution in [3.63, 3.8) is 0 Å². The zero-order valence-electron chi connectivity index (χ0n) is 12.7. The van der Waals surface area contributed by atoms with Gasteiger partial charge in [0.2, 0.25) is 5.91 Å². The normalized spacial score (nSPS) is 12.1. The number of amides is 1. The van der Waals surface area contributed by atoms with E-state index in [0.29, 0.717) is 23.6 Å². The number of aliphatic hydroxyl groups is 1. The van der Waals surface area contributed by atoms with Gasteiger partial charge in [-0.1, -0.05) is 23.8 Å². The molecule has 2 aromatic rings. The van der Waals surface area contributed by atoms with Crippen molar-refractivity contribution in [1.82, 2.24) is 20.1 Å². The summed E-state index contributed by atoms with van der Waals surface area (Å²) in [6.45, 7) is 4.21. The fourth-order valence-electron chi connectivity index (χ4n) is 2.09. The van der Waals surface area contributed by atoms with Crippen molar-refractivity contribution in [1.29, 1.82) is 0 Å². The third kappa shape index (κ3) is 4.25. The lowest BCUT2D eigenvalue weighted by atomic mass is 10.1. The third-order valence-electron chi connectivity index (χ3n) is 3.22. The van der Waals surface area contributed by atoms with E-state index in [1.54, 1.807) is 11.5 Å². The summed E-state index contributed by atoms with van der Waals surface area (Å²) in [5.41, 5.74) is 2.02. The van der Waals surface area contributed by atoms with Crippen LogP contribution in [0.5, 0.6) is 0 Å². The molecule has 2 rings (SSSR count). The van der Waals surface area contributed by atoms with Crippen LogP contribution in [0.15, 0.2) is 24.3 Å². The number of aryl methyl sites for hydroxylation is 1. The van der Waals surface area contributed by atoms with Crippen LogP contribution in [0, 0.1) is 11.7 Å². The molecule has 0 bridgehead atoms. The molecule has 7 heteroatoms. The molecule has 3 N–H and O–H groups in total. The molecule has 1 unspecified atom stereocenters. The van der Waals surface area contributed by atoms with Crippen molar-refractivity contribution in [3.8, 4) is 11.4 Å². The highest BCUT2D eigenvalue weighted by atomic mass is 32.1. The van der Waals surface area contributed by atoms with Gasteiger partial charge in [0.15, 0.2) is 10.6 Å². The standard InChI is InChI=1S/C15H20N4O2S/c1-10-4-3-5-12(8-10)14-17-18-15(22)19(14)9-13(21)16-7-6-11(2)20/h3-5,8,11,20H,6-7,9H2,1-2H3,(H,16,21)(H,18,22). The van der Waals surface area contributed by atoms with Gasteiger partial charge >= 0.3 is 0 Å². The smallest absolute Gasteiger partial charge is 0.240 e. The molecule has 0 saturated heterocycles. The average molecular weight is 320 g/mol. The first-order valence-corrected chi connectivity index (χ1v) is 7.55. The lowest BCUT2D eigenvalue weighted by molar-refractivity contribution is -0.121. The van der Waals surface area contributed by atoms with Gasteiger partial charge in [0.1, 0.15) is 6.54 Å². The van der Waals surface area contributed by atoms with E-state index in [-0.39, 0.29) is 12.5 Å². The van der Waals surface area contributed by atoms with Crippen LogP contribution in [-0.2, 0) is 11.3 Å². The van der Waals surface area contributed by atoms with Gasteiger partial charge in [-0.3, -0.25) is 14.5 Å². The minimum absolute atomic E-state index is 0.0957. The number of rotatable bonds is 6. The topological polar surface area (TPSA) is 82.9 Å². The minimum atomic E-state index is -0.431. The number of hydrogen-bond acceptors (Lipinski definition) is 4. The maximum atomic E-state index is 12.0. The number of nitrogens with one attached hydrogen (secondary N) is 2. The Labute approximate surface area is 134 Å². The number of carbonyl (C=O) groups excluding carboxylic acids is 1. The molecule has 0 aliphatic heterocycles. The van der Waals surface area contributed by atoms with Gasteiger partial charge in [-0.15, -0.1) is 0 Å². The summed E-state index contributed by atoms with van der Waals surface area (Å²) in [4.78, 5) is 12.0. The van der Waals surface area contributed by atoms with Gasteiger partial charge in [0.05, 0.1) is 6.10 Å². The number of nitrogens with zero attached hydrogens (tertiary/aromatic N) is 2. The molecular formula is C15H20N4O2S. The predicted octanol–water partition coefficient (Wildman–Crippen LogP) is 1.80. The number of hydrogen-bond donors (Lipinski definition) is 3. The van der Waals surface area contributed by atoms with Crippen LogP contribution < -0.4 is 5.32 Å². The summed E-state index contributed by atoms with van der Waals surface area (Å²) >= 11 is 5.20. The molecule has 6 nitrogen and oxygen atoms in total. The maximum Gasteiger partial charge on any atom is 0.240 e. The van der Waals surface area contributed by atoms with Gasteiger partial charge in [-0.05, 0) is 38.6 Å². The molecular weight excluding hydrogens is 300 g/mol. The first-order chi connectivity index (χ1) is 10.5. The highest BCUT2D eigenvalue weighted by molar-refractivity contribution is 7.71. The van der Waals surface area contributed by atoms with E-state index in [0.717, 1.165) is 11.1 Å². The summed E-state index contributed by atoms with van der Waals surface area (Å²) < 4.78 is 2.07. The van der Waals surface area contributed by atoms with Crippen LogP contribution in [0.4, 0.5) is 0 Å². The molecule has 0 aliphatic carbocycles. The minimum Gasteiger partial charge on any atom is -0.393 e. The molecule has 0 saturated carbocycles. The number of carbonyl (C=O) groups is 1. The lowest BCUT2D eigenvalue weighted by Gasteiger charge is -2.09. The number of H-pyrrole nitrogens is 1. The van der Waals surface area contributed by atoms with E-state index in [1.807, 2.05) is 31.2 Å². The molecule has 1 heterocycles. The molecule has 1 amide bonds. The summed E-state index contributed by atoms with van der Waals surface area (Å²) in [5.74, 6) is 0.478. The molecule has 0 aliphatic rings. The Morgan fingerprint density at radius 2 is 2.32 bits per heavy atom. The SMILES string of the molecule is Cc1cccc(-c2n[nH]c(=S)n2CC(=O)NCCC(C)O)c1. The van der Waals surface area contributed by atoms with Crippen LogP contribution in [0.3, 0.4) is 0 Å². The molecule has 0 fully saturated rings. The maximum absolute atomic E-state index is 12.0. The van der Waals surface area contributed by atoms with Crippen LogP contribution in [0.2, 0.25) is 0 Å². The summed E-state index contributed by atoms with van der Waals surface area (Å²) in [6, 6.07) is 7.86. The first kappa shape index (κ1) is 16.4. The third-order valence-corrected chi connectivity index (χ3v) is 3.53. The van der Waals surface area contributed by atoms with Gasteiger partial charge < -0.3 is 10.4 Å². The van der Waals surface area contributed by atoms with Crippen LogP contribution in [-0.4, -0.2) is 38.4 Å². The van der Waals surface area contributed by atoms with E-state index in [2.05, 4.69) is 15.5 Å². The second kappa shape index (κ2) is 7.33. The number of benzene rings is 1. The summed E-state index contributed by atoms with van der Waals surface area (Å²) in [5, 5.41) is 18.9. The highest BCUT2D eigenvalue weighted by Gasteiger charge is 2.12. The van der Waals surface area contributed by atoms with Gasteiger partial charge in [-0.25, -0.2) is 0 Å².